The maximum atomic E-state index is 13.6. The number of amides is 1. The molecule has 138 valence electrons. The highest BCUT2D eigenvalue weighted by molar-refractivity contribution is 5.94. The molecule has 1 aromatic rings. The first-order valence-corrected chi connectivity index (χ1v) is 8.93. The van der Waals surface area contributed by atoms with E-state index in [1.165, 1.54) is 12.5 Å². The van der Waals surface area contributed by atoms with Crippen LogP contribution >= 0.6 is 0 Å². The van der Waals surface area contributed by atoms with E-state index in [2.05, 4.69) is 16.0 Å². The molecule has 0 aromatic heterocycles. The lowest BCUT2D eigenvalue weighted by molar-refractivity contribution is 0.0526. The molecule has 1 aliphatic heterocycles. The first-order valence-electron chi connectivity index (χ1n) is 8.93. The predicted octanol–water partition coefficient (Wildman–Crippen LogP) is 1.44. The van der Waals surface area contributed by atoms with Crippen LogP contribution in [0.3, 0.4) is 0 Å². The third kappa shape index (κ3) is 4.54. The fraction of sp³-hybridized carbons (Fsp3) is 0.611. The van der Waals surface area contributed by atoms with Gasteiger partial charge in [-0.3, -0.25) is 4.79 Å². The molecule has 0 radical (unpaired) electrons. The number of morpholine rings is 1. The minimum atomic E-state index is -0.843. The molecule has 1 aromatic carbocycles. The Morgan fingerprint density at radius 2 is 2.04 bits per heavy atom. The number of carbonyl (C=O) groups excluding carboxylic acids is 1. The van der Waals surface area contributed by atoms with Crippen molar-refractivity contribution in [1.29, 1.82) is 0 Å². The molecule has 2 aliphatic rings. The molecule has 3 atom stereocenters. The van der Waals surface area contributed by atoms with Crippen molar-refractivity contribution in [2.75, 3.05) is 32.8 Å². The van der Waals surface area contributed by atoms with Crippen molar-refractivity contribution >= 4 is 5.91 Å². The van der Waals surface area contributed by atoms with Gasteiger partial charge in [-0.2, -0.15) is 0 Å². The smallest absolute Gasteiger partial charge is 0.257 e. The summed E-state index contributed by atoms with van der Waals surface area (Å²) in [7, 11) is 0. The van der Waals surface area contributed by atoms with Gasteiger partial charge in [0.25, 0.3) is 5.91 Å². The van der Waals surface area contributed by atoms with Crippen LogP contribution in [-0.2, 0) is 4.74 Å². The Kier molecular flexibility index (Phi) is 6.34. The van der Waals surface area contributed by atoms with Gasteiger partial charge in [0, 0.05) is 31.7 Å². The van der Waals surface area contributed by atoms with E-state index in [0.29, 0.717) is 31.1 Å². The van der Waals surface area contributed by atoms with Gasteiger partial charge in [-0.05, 0) is 30.9 Å². The SMILES string of the molecule is O=C(NCCNC1CCCC1C1COCCN1)c1c(F)cccc1F. The Morgan fingerprint density at radius 1 is 1.24 bits per heavy atom. The fourth-order valence-electron chi connectivity index (χ4n) is 3.82. The molecule has 3 N–H and O–H groups in total. The highest BCUT2D eigenvalue weighted by Crippen LogP contribution is 2.29. The molecule has 3 unspecified atom stereocenters. The summed E-state index contributed by atoms with van der Waals surface area (Å²) >= 11 is 0. The molecule has 1 saturated heterocycles. The fourth-order valence-corrected chi connectivity index (χ4v) is 3.82. The molecule has 5 nitrogen and oxygen atoms in total. The summed E-state index contributed by atoms with van der Waals surface area (Å²) in [6, 6.07) is 4.15. The summed E-state index contributed by atoms with van der Waals surface area (Å²) < 4.78 is 32.7. The van der Waals surface area contributed by atoms with E-state index in [4.69, 9.17) is 4.74 Å². The van der Waals surface area contributed by atoms with Gasteiger partial charge in [-0.25, -0.2) is 8.78 Å². The van der Waals surface area contributed by atoms with Crippen molar-refractivity contribution < 1.29 is 18.3 Å². The maximum Gasteiger partial charge on any atom is 0.257 e. The Balaban J connectivity index is 1.44. The summed E-state index contributed by atoms with van der Waals surface area (Å²) in [6.07, 6.45) is 3.43. The van der Waals surface area contributed by atoms with Crippen LogP contribution in [0, 0.1) is 17.6 Å². The minimum Gasteiger partial charge on any atom is -0.379 e. The number of carbonyl (C=O) groups is 1. The lowest BCUT2D eigenvalue weighted by atomic mass is 9.94. The van der Waals surface area contributed by atoms with Gasteiger partial charge in [-0.1, -0.05) is 12.5 Å². The molecule has 1 aliphatic carbocycles. The molecule has 1 heterocycles. The first kappa shape index (κ1) is 18.2. The van der Waals surface area contributed by atoms with Crippen molar-refractivity contribution in [1.82, 2.24) is 16.0 Å². The minimum absolute atomic E-state index is 0.324. The van der Waals surface area contributed by atoms with Crippen molar-refractivity contribution in [3.8, 4) is 0 Å². The van der Waals surface area contributed by atoms with Crippen LogP contribution in [0.25, 0.3) is 0 Å². The molecule has 7 heteroatoms. The largest absolute Gasteiger partial charge is 0.379 e. The second-order valence-electron chi connectivity index (χ2n) is 6.64. The third-order valence-electron chi connectivity index (χ3n) is 5.04. The van der Waals surface area contributed by atoms with Crippen molar-refractivity contribution in [2.24, 2.45) is 5.92 Å². The zero-order chi connectivity index (χ0) is 17.6. The zero-order valence-corrected chi connectivity index (χ0v) is 14.2. The van der Waals surface area contributed by atoms with Gasteiger partial charge in [0.05, 0.1) is 13.2 Å². The van der Waals surface area contributed by atoms with Crippen molar-refractivity contribution in [2.45, 2.75) is 31.3 Å². The van der Waals surface area contributed by atoms with Crippen LogP contribution in [0.2, 0.25) is 0 Å². The molecule has 1 amide bonds. The van der Waals surface area contributed by atoms with E-state index < -0.39 is 23.1 Å². The van der Waals surface area contributed by atoms with E-state index >= 15 is 0 Å². The average Bonchev–Trinajstić information content (AvgIpc) is 3.08. The summed E-state index contributed by atoms with van der Waals surface area (Å²) in [5.41, 5.74) is -0.523. The lowest BCUT2D eigenvalue weighted by Crippen LogP contribution is -2.51. The standard InChI is InChI=1S/C18H25F2N3O2/c19-13-4-2-5-14(20)17(13)18(24)23-8-7-21-15-6-1-3-12(15)16-11-25-10-9-22-16/h2,4-5,12,15-16,21-22H,1,3,6-11H2,(H,23,24). The predicted molar refractivity (Wildman–Crippen MR) is 90.4 cm³/mol. The number of halogens is 2. The quantitative estimate of drug-likeness (QED) is 0.678. The highest BCUT2D eigenvalue weighted by Gasteiger charge is 2.34. The number of benzene rings is 1. The van der Waals surface area contributed by atoms with E-state index in [1.807, 2.05) is 0 Å². The highest BCUT2D eigenvalue weighted by atomic mass is 19.1. The van der Waals surface area contributed by atoms with Gasteiger partial charge in [0.2, 0.25) is 0 Å². The number of rotatable bonds is 6. The molecule has 3 rings (SSSR count). The summed E-state index contributed by atoms with van der Waals surface area (Å²) in [5, 5.41) is 9.56. The molecule has 1 saturated carbocycles. The normalized spacial score (nSPS) is 26.6. The molecule has 0 spiro atoms. The number of ether oxygens (including phenoxy) is 1. The second-order valence-corrected chi connectivity index (χ2v) is 6.64. The first-order chi connectivity index (χ1) is 12.2. The van der Waals surface area contributed by atoms with E-state index in [1.54, 1.807) is 0 Å². The Morgan fingerprint density at radius 3 is 2.76 bits per heavy atom. The van der Waals surface area contributed by atoms with Crippen LogP contribution in [0.5, 0.6) is 0 Å². The van der Waals surface area contributed by atoms with Crippen LogP contribution < -0.4 is 16.0 Å². The number of hydrogen-bond donors (Lipinski definition) is 3. The van der Waals surface area contributed by atoms with Crippen molar-refractivity contribution in [3.05, 3.63) is 35.4 Å². The van der Waals surface area contributed by atoms with Crippen molar-refractivity contribution in [3.63, 3.8) is 0 Å². The van der Waals surface area contributed by atoms with Crippen LogP contribution in [0.4, 0.5) is 8.78 Å². The lowest BCUT2D eigenvalue weighted by Gasteiger charge is -2.33. The van der Waals surface area contributed by atoms with Gasteiger partial charge < -0.3 is 20.7 Å². The van der Waals surface area contributed by atoms with Gasteiger partial charge in [0.1, 0.15) is 17.2 Å². The van der Waals surface area contributed by atoms with E-state index in [9.17, 15) is 13.6 Å². The topological polar surface area (TPSA) is 62.4 Å². The monoisotopic (exact) mass is 353 g/mol. The van der Waals surface area contributed by atoms with E-state index in [0.717, 1.165) is 44.7 Å². The number of hydrogen-bond acceptors (Lipinski definition) is 4. The summed E-state index contributed by atoms with van der Waals surface area (Å²) in [6.45, 7) is 3.28. The Hall–Kier alpha value is -1.57. The Labute approximate surface area is 146 Å². The van der Waals surface area contributed by atoms with Crippen LogP contribution in [-0.4, -0.2) is 50.8 Å². The number of nitrogens with one attached hydrogen (secondary N) is 3. The third-order valence-corrected chi connectivity index (χ3v) is 5.04. The molecule has 2 fully saturated rings. The molecule has 25 heavy (non-hydrogen) atoms. The molecular formula is C18H25F2N3O2. The zero-order valence-electron chi connectivity index (χ0n) is 14.2. The van der Waals surface area contributed by atoms with Crippen LogP contribution in [0.1, 0.15) is 29.6 Å². The van der Waals surface area contributed by atoms with Gasteiger partial charge in [-0.15, -0.1) is 0 Å². The molecular weight excluding hydrogens is 328 g/mol. The summed E-state index contributed by atoms with van der Waals surface area (Å²) in [5.74, 6) is -1.89. The Bertz CT molecular complexity index is 573. The van der Waals surface area contributed by atoms with Crippen LogP contribution in [0.15, 0.2) is 18.2 Å². The van der Waals surface area contributed by atoms with E-state index in [-0.39, 0.29) is 0 Å². The second kappa shape index (κ2) is 8.69. The van der Waals surface area contributed by atoms with Gasteiger partial charge in [0.15, 0.2) is 0 Å². The maximum absolute atomic E-state index is 13.6. The average molecular weight is 353 g/mol. The molecule has 0 bridgehead atoms. The summed E-state index contributed by atoms with van der Waals surface area (Å²) in [4.78, 5) is 11.9. The van der Waals surface area contributed by atoms with Gasteiger partial charge >= 0.3 is 0 Å².